The Kier molecular flexibility index (Phi) is 3.08. The molecule has 1 fully saturated rings. The zero-order chi connectivity index (χ0) is 10.7. The zero-order valence-corrected chi connectivity index (χ0v) is 8.61. The van der Waals surface area contributed by atoms with E-state index in [1.54, 1.807) is 6.07 Å². The molecule has 1 aliphatic heterocycles. The van der Waals surface area contributed by atoms with Gasteiger partial charge in [-0.1, -0.05) is 0 Å². The average molecular weight is 208 g/mol. The van der Waals surface area contributed by atoms with Crippen LogP contribution in [0.4, 0.5) is 5.69 Å². The van der Waals surface area contributed by atoms with Gasteiger partial charge >= 0.3 is 0 Å². The van der Waals surface area contributed by atoms with Crippen molar-refractivity contribution in [1.29, 1.82) is 0 Å². The molecule has 0 atom stereocenters. The van der Waals surface area contributed by atoms with E-state index in [0.29, 0.717) is 5.56 Å². The highest BCUT2D eigenvalue weighted by atomic mass is 16.3. The van der Waals surface area contributed by atoms with Gasteiger partial charge in [-0.3, -0.25) is 0 Å². The molecule has 15 heavy (non-hydrogen) atoms. The second-order valence-electron chi connectivity index (χ2n) is 3.71. The number of anilines is 1. The number of rotatable bonds is 2. The highest BCUT2D eigenvalue weighted by molar-refractivity contribution is 5.53. The Morgan fingerprint density at radius 3 is 2.67 bits per heavy atom. The van der Waals surface area contributed by atoms with E-state index in [9.17, 15) is 5.11 Å². The van der Waals surface area contributed by atoms with E-state index in [1.807, 2.05) is 12.1 Å². The maximum Gasteiger partial charge on any atom is 0.121 e. The van der Waals surface area contributed by atoms with Gasteiger partial charge in [0, 0.05) is 37.4 Å². The standard InChI is InChI=1S/C11H16N2O2/c14-8-9-7-10(1-2-11(9)15)13-5-3-12-4-6-13/h1-2,7,12,14-15H,3-6,8H2. The van der Waals surface area contributed by atoms with Gasteiger partial charge in [0.1, 0.15) is 5.75 Å². The second-order valence-corrected chi connectivity index (χ2v) is 3.71. The highest BCUT2D eigenvalue weighted by Gasteiger charge is 2.11. The van der Waals surface area contributed by atoms with E-state index in [4.69, 9.17) is 5.11 Å². The van der Waals surface area contributed by atoms with Crippen LogP contribution in [0.15, 0.2) is 18.2 Å². The van der Waals surface area contributed by atoms with E-state index in [0.717, 1.165) is 31.9 Å². The van der Waals surface area contributed by atoms with Crippen molar-refractivity contribution < 1.29 is 10.2 Å². The quantitative estimate of drug-likeness (QED) is 0.654. The van der Waals surface area contributed by atoms with Crippen LogP contribution in [0.5, 0.6) is 5.75 Å². The van der Waals surface area contributed by atoms with E-state index < -0.39 is 0 Å². The molecule has 1 aliphatic rings. The number of aromatic hydroxyl groups is 1. The highest BCUT2D eigenvalue weighted by Crippen LogP contribution is 2.24. The molecule has 0 aliphatic carbocycles. The summed E-state index contributed by atoms with van der Waals surface area (Å²) in [6.07, 6.45) is 0. The molecule has 82 valence electrons. The fourth-order valence-electron chi connectivity index (χ4n) is 1.82. The summed E-state index contributed by atoms with van der Waals surface area (Å²) in [5, 5.41) is 21.8. The number of nitrogens with zero attached hydrogens (tertiary/aromatic N) is 1. The number of piperazine rings is 1. The Labute approximate surface area is 89.1 Å². The van der Waals surface area contributed by atoms with Crippen LogP contribution in [0.1, 0.15) is 5.56 Å². The van der Waals surface area contributed by atoms with E-state index in [1.165, 1.54) is 0 Å². The minimum atomic E-state index is -0.119. The third-order valence-corrected chi connectivity index (χ3v) is 2.72. The molecule has 1 aromatic rings. The summed E-state index contributed by atoms with van der Waals surface area (Å²) >= 11 is 0. The lowest BCUT2D eigenvalue weighted by molar-refractivity contribution is 0.275. The van der Waals surface area contributed by atoms with E-state index in [-0.39, 0.29) is 12.4 Å². The number of hydrogen-bond acceptors (Lipinski definition) is 4. The Morgan fingerprint density at radius 1 is 1.27 bits per heavy atom. The summed E-state index contributed by atoms with van der Waals surface area (Å²) in [5.74, 6) is 0.163. The van der Waals surface area contributed by atoms with Crippen LogP contribution >= 0.6 is 0 Å². The summed E-state index contributed by atoms with van der Waals surface area (Å²) in [4.78, 5) is 2.25. The molecule has 0 saturated carbocycles. The van der Waals surface area contributed by atoms with Crippen LogP contribution in [0, 0.1) is 0 Å². The van der Waals surface area contributed by atoms with Crippen molar-refractivity contribution in [1.82, 2.24) is 5.32 Å². The Balaban J connectivity index is 2.20. The van der Waals surface area contributed by atoms with Gasteiger partial charge in [0.2, 0.25) is 0 Å². The maximum atomic E-state index is 9.44. The summed E-state index contributed by atoms with van der Waals surface area (Å²) in [6, 6.07) is 5.38. The van der Waals surface area contributed by atoms with E-state index >= 15 is 0 Å². The molecular weight excluding hydrogens is 192 g/mol. The monoisotopic (exact) mass is 208 g/mol. The van der Waals surface area contributed by atoms with Crippen molar-refractivity contribution in [3.8, 4) is 5.75 Å². The van der Waals surface area contributed by atoms with Gasteiger partial charge in [-0.05, 0) is 18.2 Å². The minimum absolute atomic E-state index is 0.119. The minimum Gasteiger partial charge on any atom is -0.508 e. The topological polar surface area (TPSA) is 55.7 Å². The molecule has 3 N–H and O–H groups in total. The van der Waals surface area contributed by atoms with Crippen molar-refractivity contribution in [2.24, 2.45) is 0 Å². The molecule has 0 spiro atoms. The van der Waals surface area contributed by atoms with Gasteiger partial charge in [-0.15, -0.1) is 0 Å². The van der Waals surface area contributed by atoms with Crippen molar-refractivity contribution in [3.63, 3.8) is 0 Å². The number of aliphatic hydroxyl groups is 1. The zero-order valence-electron chi connectivity index (χ0n) is 8.61. The molecule has 1 aromatic carbocycles. The summed E-state index contributed by atoms with van der Waals surface area (Å²) < 4.78 is 0. The molecule has 1 saturated heterocycles. The largest absolute Gasteiger partial charge is 0.508 e. The molecule has 0 amide bonds. The van der Waals surface area contributed by atoms with Crippen molar-refractivity contribution in [2.45, 2.75) is 6.61 Å². The molecule has 4 heteroatoms. The lowest BCUT2D eigenvalue weighted by Crippen LogP contribution is -2.43. The molecule has 4 nitrogen and oxygen atoms in total. The summed E-state index contributed by atoms with van der Waals surface area (Å²) in [6.45, 7) is 3.78. The average Bonchev–Trinajstić information content (AvgIpc) is 2.31. The van der Waals surface area contributed by atoms with Crippen LogP contribution in [-0.2, 0) is 6.61 Å². The second kappa shape index (κ2) is 4.51. The lowest BCUT2D eigenvalue weighted by Gasteiger charge is -2.29. The number of hydrogen-bond donors (Lipinski definition) is 3. The molecule has 0 aromatic heterocycles. The van der Waals surface area contributed by atoms with Gasteiger partial charge in [0.25, 0.3) is 0 Å². The van der Waals surface area contributed by atoms with Gasteiger partial charge in [0.05, 0.1) is 6.61 Å². The summed E-state index contributed by atoms with van der Waals surface area (Å²) in [7, 11) is 0. The van der Waals surface area contributed by atoms with Crippen LogP contribution < -0.4 is 10.2 Å². The summed E-state index contributed by atoms with van der Waals surface area (Å²) in [5.41, 5.74) is 1.66. The van der Waals surface area contributed by atoms with Crippen LogP contribution in [0.3, 0.4) is 0 Å². The predicted molar refractivity (Wildman–Crippen MR) is 59.1 cm³/mol. The molecular formula is C11H16N2O2. The SMILES string of the molecule is OCc1cc(N2CCNCC2)ccc1O. The first-order valence-electron chi connectivity index (χ1n) is 5.19. The van der Waals surface area contributed by atoms with Crippen molar-refractivity contribution >= 4 is 5.69 Å². The molecule has 0 radical (unpaired) electrons. The van der Waals surface area contributed by atoms with Crippen molar-refractivity contribution in [2.75, 3.05) is 31.1 Å². The van der Waals surface area contributed by atoms with Gasteiger partial charge in [0.15, 0.2) is 0 Å². The molecule has 2 rings (SSSR count). The first-order chi connectivity index (χ1) is 7.31. The lowest BCUT2D eigenvalue weighted by atomic mass is 10.1. The smallest absolute Gasteiger partial charge is 0.121 e. The predicted octanol–water partition coefficient (Wildman–Crippen LogP) is 0.294. The third-order valence-electron chi connectivity index (χ3n) is 2.72. The Bertz CT molecular complexity index is 335. The molecule has 1 heterocycles. The van der Waals surface area contributed by atoms with Gasteiger partial charge < -0.3 is 20.4 Å². The Morgan fingerprint density at radius 2 is 2.00 bits per heavy atom. The van der Waals surface area contributed by atoms with Crippen LogP contribution in [0.2, 0.25) is 0 Å². The normalized spacial score (nSPS) is 16.7. The first kappa shape index (κ1) is 10.3. The first-order valence-corrected chi connectivity index (χ1v) is 5.19. The van der Waals surface area contributed by atoms with Crippen LogP contribution in [-0.4, -0.2) is 36.4 Å². The molecule has 0 unspecified atom stereocenters. The fraction of sp³-hybridized carbons (Fsp3) is 0.455. The Hall–Kier alpha value is -1.26. The number of phenols is 1. The number of aliphatic hydroxyl groups excluding tert-OH is 1. The van der Waals surface area contributed by atoms with Crippen molar-refractivity contribution in [3.05, 3.63) is 23.8 Å². The molecule has 0 bridgehead atoms. The number of benzene rings is 1. The third kappa shape index (κ3) is 2.22. The van der Waals surface area contributed by atoms with Gasteiger partial charge in [-0.2, -0.15) is 0 Å². The maximum absolute atomic E-state index is 9.44. The van der Waals surface area contributed by atoms with E-state index in [2.05, 4.69) is 10.2 Å². The van der Waals surface area contributed by atoms with Crippen LogP contribution in [0.25, 0.3) is 0 Å². The van der Waals surface area contributed by atoms with Gasteiger partial charge in [-0.25, -0.2) is 0 Å². The fourth-order valence-corrected chi connectivity index (χ4v) is 1.82. The number of nitrogens with one attached hydrogen (secondary N) is 1.